The Morgan fingerprint density at radius 2 is 2.17 bits per heavy atom. The lowest BCUT2D eigenvalue weighted by Gasteiger charge is -2.39. The number of hydrogen-bond donors (Lipinski definition) is 2. The van der Waals surface area contributed by atoms with Gasteiger partial charge in [0.25, 0.3) is 0 Å². The maximum Gasteiger partial charge on any atom is 0.308 e. The number of aliphatic hydroxyl groups is 1. The third-order valence-corrected chi connectivity index (χ3v) is 10.9. The molecule has 0 aliphatic carbocycles. The van der Waals surface area contributed by atoms with Crippen molar-refractivity contribution in [3.05, 3.63) is 36.9 Å². The van der Waals surface area contributed by atoms with Crippen LogP contribution in [0, 0.1) is 11.8 Å². The molecule has 0 saturated carbocycles. The Hall–Kier alpha value is -2.44. The molecule has 0 radical (unpaired) electrons. The largest absolute Gasteiger partial charge is 0.481 e. The molecule has 2 aromatic rings. The summed E-state index contributed by atoms with van der Waals surface area (Å²) in [6.07, 6.45) is 2.54. The van der Waals surface area contributed by atoms with Gasteiger partial charge >= 0.3 is 5.97 Å². The fourth-order valence-corrected chi connectivity index (χ4v) is 9.75. The number of benzene rings is 1. The Morgan fingerprint density at radius 1 is 1.42 bits per heavy atom. The van der Waals surface area contributed by atoms with E-state index in [9.17, 15) is 24.6 Å². The minimum atomic E-state index is -1.03. The number of carboxylic acids is 1. The van der Waals surface area contributed by atoms with Gasteiger partial charge in [-0.15, -0.1) is 23.4 Å². The third kappa shape index (κ3) is 3.59. The number of fused-ring (bicyclic) bond motifs is 2. The molecule has 1 spiro atoms. The second kappa shape index (κ2) is 9.46. The summed E-state index contributed by atoms with van der Waals surface area (Å²) >= 11 is 5.08. The van der Waals surface area contributed by atoms with E-state index in [2.05, 4.69) is 32.8 Å². The van der Waals surface area contributed by atoms with E-state index in [0.29, 0.717) is 18.4 Å². The standard InChI is InChI=1S/C24H28BrN5O5S/c1-3-9-28(12-29-16-8-6-5-7-15(16)26-27-29)22(33)20-24-10-14(25)19(36-24)17(23(34)35)18(24)21(32)30(20)13(4-2)11-31/h3,5-8,13-14,17-20,31H,1,4,9-12H2,2H3,(H,34,35)/t13-,14?,17+,18-,19+,20?,24?/m0/s1. The lowest BCUT2D eigenvalue weighted by atomic mass is 9.71. The number of nitrogens with zero attached hydrogens (tertiary/aromatic N) is 5. The summed E-state index contributed by atoms with van der Waals surface area (Å²) in [4.78, 5) is 43.4. The van der Waals surface area contributed by atoms with Crippen molar-refractivity contribution in [2.24, 2.45) is 11.8 Å². The fraction of sp³-hybridized carbons (Fsp3) is 0.542. The molecule has 3 aliphatic heterocycles. The predicted molar refractivity (Wildman–Crippen MR) is 137 cm³/mol. The highest BCUT2D eigenvalue weighted by Gasteiger charge is 2.76. The number of carbonyl (C=O) groups is 3. The van der Waals surface area contributed by atoms with Crippen molar-refractivity contribution in [3.8, 4) is 0 Å². The van der Waals surface area contributed by atoms with Crippen LogP contribution in [0.1, 0.15) is 19.8 Å². The molecule has 12 heteroatoms. The first-order chi connectivity index (χ1) is 17.3. The zero-order valence-electron chi connectivity index (χ0n) is 19.7. The lowest BCUT2D eigenvalue weighted by Crippen LogP contribution is -2.57. The van der Waals surface area contributed by atoms with Crippen LogP contribution in [0.3, 0.4) is 0 Å². The summed E-state index contributed by atoms with van der Waals surface area (Å²) in [5.74, 6) is -3.42. The molecule has 3 saturated heterocycles. The van der Waals surface area contributed by atoms with Gasteiger partial charge in [0, 0.05) is 16.6 Å². The smallest absolute Gasteiger partial charge is 0.308 e. The maximum absolute atomic E-state index is 14.4. The van der Waals surface area contributed by atoms with Gasteiger partial charge in [-0.25, -0.2) is 4.68 Å². The van der Waals surface area contributed by atoms with Crippen molar-refractivity contribution in [2.75, 3.05) is 13.2 Å². The molecule has 5 rings (SSSR count). The van der Waals surface area contributed by atoms with Gasteiger partial charge in [-0.3, -0.25) is 14.4 Å². The van der Waals surface area contributed by atoms with E-state index >= 15 is 0 Å². The van der Waals surface area contributed by atoms with E-state index in [1.807, 2.05) is 31.2 Å². The number of rotatable bonds is 9. The Morgan fingerprint density at radius 3 is 2.83 bits per heavy atom. The number of carbonyl (C=O) groups excluding carboxylic acids is 2. The second-order valence-corrected chi connectivity index (χ2v) is 12.3. The molecule has 192 valence electrons. The number of aliphatic hydroxyl groups excluding tert-OH is 1. The minimum Gasteiger partial charge on any atom is -0.481 e. The number of thioether (sulfide) groups is 1. The maximum atomic E-state index is 14.4. The van der Waals surface area contributed by atoms with Crippen LogP contribution in [0.25, 0.3) is 11.0 Å². The molecule has 2 N–H and O–H groups in total. The third-order valence-electron chi connectivity index (χ3n) is 7.71. The van der Waals surface area contributed by atoms with Gasteiger partial charge in [0.05, 0.1) is 34.7 Å². The minimum absolute atomic E-state index is 0.0920. The van der Waals surface area contributed by atoms with Crippen LogP contribution >= 0.6 is 27.7 Å². The molecule has 2 bridgehead atoms. The lowest BCUT2D eigenvalue weighted by molar-refractivity contribution is -0.150. The number of amides is 2. The predicted octanol–water partition coefficient (Wildman–Crippen LogP) is 1.72. The summed E-state index contributed by atoms with van der Waals surface area (Å²) in [6, 6.07) is 5.92. The molecule has 1 aromatic carbocycles. The molecule has 1 aromatic heterocycles. The number of halogens is 1. The fourth-order valence-electron chi connectivity index (χ4n) is 6.17. The van der Waals surface area contributed by atoms with E-state index in [4.69, 9.17) is 0 Å². The van der Waals surface area contributed by atoms with E-state index in [-0.39, 0.29) is 41.7 Å². The monoisotopic (exact) mass is 577 g/mol. The summed E-state index contributed by atoms with van der Waals surface area (Å²) in [5, 5.41) is 28.3. The van der Waals surface area contributed by atoms with Gasteiger partial charge in [-0.1, -0.05) is 46.3 Å². The SMILES string of the molecule is C=CCN(Cn1nnc2ccccc21)C(=O)C1N([C@@H](CC)CO)C(=O)[C@@H]2[C@@H](C(=O)O)[C@@H]3SC12CC3Br. The molecule has 3 fully saturated rings. The zero-order valence-corrected chi connectivity index (χ0v) is 22.1. The summed E-state index contributed by atoms with van der Waals surface area (Å²) in [6.45, 7) is 5.64. The van der Waals surface area contributed by atoms with Crippen molar-refractivity contribution in [1.82, 2.24) is 24.8 Å². The van der Waals surface area contributed by atoms with E-state index in [1.165, 1.54) is 16.7 Å². The number of aromatic nitrogens is 3. The first-order valence-electron chi connectivity index (χ1n) is 11.9. The summed E-state index contributed by atoms with van der Waals surface area (Å²) in [7, 11) is 0. The van der Waals surface area contributed by atoms with Crippen molar-refractivity contribution in [1.29, 1.82) is 0 Å². The quantitative estimate of drug-likeness (QED) is 0.340. The van der Waals surface area contributed by atoms with Crippen LogP contribution in [0.2, 0.25) is 0 Å². The molecule has 7 atom stereocenters. The highest BCUT2D eigenvalue weighted by molar-refractivity contribution is 9.09. The van der Waals surface area contributed by atoms with Gasteiger partial charge in [-0.2, -0.15) is 0 Å². The van der Waals surface area contributed by atoms with Crippen molar-refractivity contribution >= 4 is 56.5 Å². The van der Waals surface area contributed by atoms with Crippen molar-refractivity contribution in [3.63, 3.8) is 0 Å². The molecular weight excluding hydrogens is 550 g/mol. The number of para-hydroxylation sites is 1. The Labute approximate surface area is 220 Å². The number of likely N-dealkylation sites (tertiary alicyclic amines) is 1. The average Bonchev–Trinajstić information content (AvgIpc) is 3.57. The van der Waals surface area contributed by atoms with Crippen LogP contribution in [0.15, 0.2) is 36.9 Å². The van der Waals surface area contributed by atoms with Crippen LogP contribution in [0.5, 0.6) is 0 Å². The number of carboxylic acid groups (broad SMARTS) is 1. The average molecular weight is 578 g/mol. The summed E-state index contributed by atoms with van der Waals surface area (Å²) in [5.41, 5.74) is 1.46. The van der Waals surface area contributed by atoms with Crippen LogP contribution in [0.4, 0.5) is 0 Å². The zero-order chi connectivity index (χ0) is 25.8. The molecule has 2 amide bonds. The number of aliphatic carboxylic acids is 1. The van der Waals surface area contributed by atoms with Gasteiger partial charge in [0.1, 0.15) is 18.2 Å². The Balaban J connectivity index is 1.57. The van der Waals surface area contributed by atoms with Crippen molar-refractivity contribution in [2.45, 2.75) is 53.3 Å². The van der Waals surface area contributed by atoms with Gasteiger partial charge in [-0.05, 0) is 25.0 Å². The van der Waals surface area contributed by atoms with Crippen molar-refractivity contribution < 1.29 is 24.6 Å². The second-order valence-electron chi connectivity index (χ2n) is 9.56. The van der Waals surface area contributed by atoms with E-state index in [1.54, 1.807) is 15.7 Å². The normalized spacial score (nSPS) is 31.6. The number of alkyl halides is 1. The molecule has 3 unspecified atom stereocenters. The molecule has 10 nitrogen and oxygen atoms in total. The Bertz CT molecular complexity index is 1220. The van der Waals surface area contributed by atoms with Gasteiger partial charge in [0.2, 0.25) is 11.8 Å². The number of hydrogen-bond acceptors (Lipinski definition) is 7. The molecule has 3 aliphatic rings. The Kier molecular flexibility index (Phi) is 6.63. The van der Waals surface area contributed by atoms with E-state index < -0.39 is 34.6 Å². The molecule has 4 heterocycles. The first-order valence-corrected chi connectivity index (χ1v) is 13.7. The van der Waals surface area contributed by atoms with Gasteiger partial charge in [0.15, 0.2) is 0 Å². The van der Waals surface area contributed by atoms with E-state index in [0.717, 1.165) is 5.52 Å². The van der Waals surface area contributed by atoms with Crippen LogP contribution in [-0.4, -0.2) is 92.8 Å². The highest BCUT2D eigenvalue weighted by Crippen LogP contribution is 2.68. The summed E-state index contributed by atoms with van der Waals surface area (Å²) < 4.78 is 0.728. The molecular formula is C24H28BrN5O5S. The first kappa shape index (κ1) is 25.2. The topological polar surface area (TPSA) is 129 Å². The van der Waals surface area contributed by atoms with Gasteiger partial charge < -0.3 is 20.0 Å². The highest BCUT2D eigenvalue weighted by atomic mass is 79.9. The molecule has 36 heavy (non-hydrogen) atoms. The van der Waals surface area contributed by atoms with Crippen LogP contribution in [-0.2, 0) is 21.1 Å². The van der Waals surface area contributed by atoms with Crippen LogP contribution < -0.4 is 0 Å².